The summed E-state index contributed by atoms with van der Waals surface area (Å²) in [7, 11) is 1.36. The number of esters is 2. The molecule has 3 aliphatic rings. The van der Waals surface area contributed by atoms with E-state index < -0.39 is 5.60 Å². The Morgan fingerprint density at radius 1 is 1.53 bits per heavy atom. The summed E-state index contributed by atoms with van der Waals surface area (Å²) in [5.41, 5.74) is -0.468. The molecule has 2 bridgehead atoms. The van der Waals surface area contributed by atoms with Gasteiger partial charge in [0, 0.05) is 6.42 Å². The van der Waals surface area contributed by atoms with Crippen molar-refractivity contribution in [1.82, 2.24) is 0 Å². The number of fused-ring (bicyclic) bond motifs is 3. The van der Waals surface area contributed by atoms with Crippen LogP contribution in [0.2, 0.25) is 0 Å². The number of carbonyl (C=O) groups is 2. The number of hydrogen-bond donors (Lipinski definition) is 0. The summed E-state index contributed by atoms with van der Waals surface area (Å²) in [6, 6.07) is 0. The molecule has 4 heteroatoms. The van der Waals surface area contributed by atoms with Gasteiger partial charge in [0.05, 0.1) is 18.9 Å². The van der Waals surface area contributed by atoms with Crippen LogP contribution < -0.4 is 0 Å². The molecule has 3 rings (SSSR count). The summed E-state index contributed by atoms with van der Waals surface area (Å²) in [6.07, 6.45) is 1.44. The first kappa shape index (κ1) is 10.5. The van der Waals surface area contributed by atoms with Crippen molar-refractivity contribution in [3.63, 3.8) is 0 Å². The van der Waals surface area contributed by atoms with Gasteiger partial charge in [-0.2, -0.15) is 0 Å². The molecule has 0 amide bonds. The molecule has 0 aromatic heterocycles. The zero-order chi connectivity index (χ0) is 11.2. The predicted molar refractivity (Wildman–Crippen MR) is 51.9 cm³/mol. The fourth-order valence-corrected chi connectivity index (χ4v) is 3.05. The molecular formula is C11H16O4. The van der Waals surface area contributed by atoms with Crippen molar-refractivity contribution in [3.05, 3.63) is 0 Å². The number of carbonyl (C=O) groups excluding carboxylic acids is 2. The minimum Gasteiger partial charge on any atom is -0.469 e. The number of hydrogen-bond acceptors (Lipinski definition) is 4. The minimum atomic E-state index is -0.468. The van der Waals surface area contributed by atoms with E-state index in [-0.39, 0.29) is 29.7 Å². The zero-order valence-electron chi connectivity index (χ0n) is 9.28. The van der Waals surface area contributed by atoms with Gasteiger partial charge in [0.25, 0.3) is 0 Å². The lowest BCUT2D eigenvalue weighted by atomic mass is 9.64. The number of ether oxygens (including phenoxy) is 2. The topological polar surface area (TPSA) is 52.6 Å². The molecule has 0 spiro atoms. The maximum Gasteiger partial charge on any atom is 0.310 e. The lowest BCUT2D eigenvalue weighted by Gasteiger charge is -2.49. The third-order valence-corrected chi connectivity index (χ3v) is 3.58. The average Bonchev–Trinajstić information content (AvgIpc) is 2.13. The normalized spacial score (nSPS) is 43.7. The Bertz CT molecular complexity index is 312. The van der Waals surface area contributed by atoms with Crippen molar-refractivity contribution >= 4 is 11.9 Å². The van der Waals surface area contributed by atoms with Gasteiger partial charge in [-0.15, -0.1) is 0 Å². The highest BCUT2D eigenvalue weighted by Crippen LogP contribution is 2.48. The van der Waals surface area contributed by atoms with Crippen LogP contribution in [0.15, 0.2) is 0 Å². The van der Waals surface area contributed by atoms with Crippen molar-refractivity contribution in [3.8, 4) is 0 Å². The van der Waals surface area contributed by atoms with Crippen LogP contribution in [0.1, 0.15) is 26.7 Å². The van der Waals surface area contributed by atoms with Gasteiger partial charge in [-0.1, -0.05) is 6.92 Å². The fraction of sp³-hybridized carbons (Fsp3) is 0.818. The highest BCUT2D eigenvalue weighted by atomic mass is 16.6. The quantitative estimate of drug-likeness (QED) is 0.611. The molecule has 15 heavy (non-hydrogen) atoms. The van der Waals surface area contributed by atoms with Gasteiger partial charge in [-0.05, 0) is 19.3 Å². The van der Waals surface area contributed by atoms with Crippen LogP contribution >= 0.6 is 0 Å². The van der Waals surface area contributed by atoms with E-state index in [0.29, 0.717) is 6.42 Å². The molecule has 84 valence electrons. The molecule has 0 aromatic rings. The van der Waals surface area contributed by atoms with Crippen molar-refractivity contribution in [2.45, 2.75) is 32.3 Å². The Morgan fingerprint density at radius 2 is 2.20 bits per heavy atom. The van der Waals surface area contributed by atoms with Crippen LogP contribution in [-0.2, 0) is 19.1 Å². The van der Waals surface area contributed by atoms with E-state index >= 15 is 0 Å². The molecular weight excluding hydrogens is 196 g/mol. The van der Waals surface area contributed by atoms with Crippen LogP contribution in [0, 0.1) is 17.8 Å². The Morgan fingerprint density at radius 3 is 2.67 bits per heavy atom. The van der Waals surface area contributed by atoms with E-state index in [9.17, 15) is 9.59 Å². The lowest BCUT2D eigenvalue weighted by molar-refractivity contribution is -0.206. The Hall–Kier alpha value is -1.06. The maximum absolute atomic E-state index is 11.7. The third-order valence-electron chi connectivity index (χ3n) is 3.58. The second kappa shape index (κ2) is 3.22. The second-order valence-electron chi connectivity index (χ2n) is 4.91. The van der Waals surface area contributed by atoms with E-state index in [1.54, 1.807) is 0 Å². The summed E-state index contributed by atoms with van der Waals surface area (Å²) in [6.45, 7) is 3.89. The van der Waals surface area contributed by atoms with Gasteiger partial charge in [-0.3, -0.25) is 9.59 Å². The maximum atomic E-state index is 11.7. The van der Waals surface area contributed by atoms with Crippen LogP contribution in [0.25, 0.3) is 0 Å². The largest absolute Gasteiger partial charge is 0.469 e. The first-order valence-electron chi connectivity index (χ1n) is 5.27. The van der Waals surface area contributed by atoms with E-state index in [0.717, 1.165) is 6.42 Å². The zero-order valence-corrected chi connectivity index (χ0v) is 9.28. The molecule has 1 saturated carbocycles. The summed E-state index contributed by atoms with van der Waals surface area (Å²) >= 11 is 0. The fourth-order valence-electron chi connectivity index (χ4n) is 3.05. The van der Waals surface area contributed by atoms with Crippen LogP contribution in [0.4, 0.5) is 0 Å². The van der Waals surface area contributed by atoms with Gasteiger partial charge in [0.1, 0.15) is 5.60 Å². The van der Waals surface area contributed by atoms with E-state index in [1.165, 1.54) is 7.11 Å². The molecule has 2 aliphatic heterocycles. The molecule has 3 fully saturated rings. The summed E-state index contributed by atoms with van der Waals surface area (Å²) in [5, 5.41) is 0. The molecule has 1 aliphatic carbocycles. The predicted octanol–water partition coefficient (Wildman–Crippen LogP) is 1.14. The van der Waals surface area contributed by atoms with Crippen LogP contribution in [0.3, 0.4) is 0 Å². The molecule has 0 radical (unpaired) electrons. The summed E-state index contributed by atoms with van der Waals surface area (Å²) < 4.78 is 10.1. The van der Waals surface area contributed by atoms with Crippen molar-refractivity contribution < 1.29 is 19.1 Å². The summed E-state index contributed by atoms with van der Waals surface area (Å²) in [4.78, 5) is 23.2. The second-order valence-corrected chi connectivity index (χ2v) is 4.91. The van der Waals surface area contributed by atoms with Gasteiger partial charge < -0.3 is 9.47 Å². The van der Waals surface area contributed by atoms with Gasteiger partial charge in [0.2, 0.25) is 0 Å². The molecule has 0 N–H and O–H groups in total. The van der Waals surface area contributed by atoms with E-state index in [2.05, 4.69) is 0 Å². The van der Waals surface area contributed by atoms with Crippen LogP contribution in [0.5, 0.6) is 0 Å². The first-order chi connectivity index (χ1) is 6.97. The van der Waals surface area contributed by atoms with E-state index in [1.807, 2.05) is 13.8 Å². The first-order valence-corrected chi connectivity index (χ1v) is 5.27. The average molecular weight is 212 g/mol. The Labute approximate surface area is 88.9 Å². The third kappa shape index (κ3) is 1.52. The minimum absolute atomic E-state index is 0.203. The molecule has 2 heterocycles. The Balaban J connectivity index is 2.29. The molecule has 4 nitrogen and oxygen atoms in total. The standard InChI is InChI=1S/C11H16O4/c1-6-4-11(2)5-7(9(12)14-3)8(6)10(13)15-11/h6-8H,4-5H2,1-3H3/t6-,7+,8-,11+/m1/s1. The van der Waals surface area contributed by atoms with E-state index in [4.69, 9.17) is 9.47 Å². The smallest absolute Gasteiger partial charge is 0.310 e. The Kier molecular flexibility index (Phi) is 2.24. The molecule has 0 unspecified atom stereocenters. The van der Waals surface area contributed by atoms with Crippen molar-refractivity contribution in [2.24, 2.45) is 17.8 Å². The monoisotopic (exact) mass is 212 g/mol. The SMILES string of the molecule is COC(=O)[C@H]1C[C@]2(C)C[C@@H](C)[C@H]1C(=O)O2. The highest BCUT2D eigenvalue weighted by molar-refractivity contribution is 5.84. The lowest BCUT2D eigenvalue weighted by Crippen LogP contribution is -2.56. The summed E-state index contributed by atoms with van der Waals surface area (Å²) in [5.74, 6) is -0.939. The molecule has 4 atom stereocenters. The number of rotatable bonds is 1. The van der Waals surface area contributed by atoms with Crippen molar-refractivity contribution in [1.29, 1.82) is 0 Å². The molecule has 0 aromatic carbocycles. The van der Waals surface area contributed by atoms with Gasteiger partial charge in [0.15, 0.2) is 0 Å². The van der Waals surface area contributed by atoms with Gasteiger partial charge in [-0.25, -0.2) is 0 Å². The highest BCUT2D eigenvalue weighted by Gasteiger charge is 2.56. The van der Waals surface area contributed by atoms with Gasteiger partial charge >= 0.3 is 11.9 Å². The van der Waals surface area contributed by atoms with Crippen molar-refractivity contribution in [2.75, 3.05) is 7.11 Å². The van der Waals surface area contributed by atoms with Crippen LogP contribution in [-0.4, -0.2) is 24.6 Å². The number of methoxy groups -OCH3 is 1. The molecule has 2 saturated heterocycles.